The Morgan fingerprint density at radius 2 is 1.95 bits per heavy atom. The highest BCUT2D eigenvalue weighted by Gasteiger charge is 2.04. The van der Waals surface area contributed by atoms with Crippen molar-refractivity contribution >= 4 is 16.8 Å². The Kier molecular flexibility index (Phi) is 2.95. The predicted molar refractivity (Wildman–Crippen MR) is 75.8 cm³/mol. The van der Waals surface area contributed by atoms with Crippen LogP contribution in [0.3, 0.4) is 0 Å². The Morgan fingerprint density at radius 3 is 2.75 bits per heavy atom. The molecule has 0 aliphatic rings. The van der Waals surface area contributed by atoms with E-state index in [0.717, 1.165) is 22.4 Å². The van der Waals surface area contributed by atoms with E-state index < -0.39 is 0 Å². The third-order valence-electron chi connectivity index (χ3n) is 3.03. The van der Waals surface area contributed by atoms with E-state index in [9.17, 15) is 10.2 Å². The highest BCUT2D eigenvalue weighted by molar-refractivity contribution is 5.77. The van der Waals surface area contributed by atoms with Gasteiger partial charge in [0.05, 0.1) is 0 Å². The van der Waals surface area contributed by atoms with Crippen LogP contribution in [0.2, 0.25) is 0 Å². The number of nitrogens with zero attached hydrogens (tertiary/aromatic N) is 1. The van der Waals surface area contributed by atoms with Crippen molar-refractivity contribution < 1.29 is 14.6 Å². The van der Waals surface area contributed by atoms with Crippen LogP contribution < -0.4 is 5.32 Å². The maximum Gasteiger partial charge on any atom is 0.192 e. The van der Waals surface area contributed by atoms with E-state index in [0.29, 0.717) is 12.4 Å². The highest BCUT2D eigenvalue weighted by Crippen LogP contribution is 2.25. The number of aromatic hydroxyl groups is 2. The molecule has 3 rings (SSSR count). The van der Waals surface area contributed by atoms with Gasteiger partial charge in [0, 0.05) is 19.2 Å². The van der Waals surface area contributed by atoms with Gasteiger partial charge >= 0.3 is 0 Å². The fourth-order valence-corrected chi connectivity index (χ4v) is 2.04. The molecule has 0 saturated heterocycles. The number of hydrogen-bond acceptors (Lipinski definition) is 5. The first-order valence-electron chi connectivity index (χ1n) is 6.24. The van der Waals surface area contributed by atoms with Crippen LogP contribution in [0.4, 0.5) is 5.69 Å². The summed E-state index contributed by atoms with van der Waals surface area (Å²) in [5, 5.41) is 21.9. The SMILES string of the molecule is Cc1nc2cc(NCc3ccc(O)c(O)c3)ccc2o1. The Hall–Kier alpha value is -2.69. The lowest BCUT2D eigenvalue weighted by Crippen LogP contribution is -1.98. The van der Waals surface area contributed by atoms with Crippen LogP contribution in [-0.4, -0.2) is 15.2 Å². The van der Waals surface area contributed by atoms with E-state index in [2.05, 4.69) is 10.3 Å². The Bertz CT molecular complexity index is 765. The molecule has 1 heterocycles. The molecule has 20 heavy (non-hydrogen) atoms. The van der Waals surface area contributed by atoms with Gasteiger partial charge in [-0.15, -0.1) is 0 Å². The van der Waals surface area contributed by atoms with Crippen LogP contribution in [0.15, 0.2) is 40.8 Å². The van der Waals surface area contributed by atoms with Gasteiger partial charge < -0.3 is 19.9 Å². The molecular formula is C15H14N2O3. The van der Waals surface area contributed by atoms with Gasteiger partial charge in [-0.05, 0) is 35.9 Å². The van der Waals surface area contributed by atoms with Crippen LogP contribution in [0.25, 0.3) is 11.1 Å². The van der Waals surface area contributed by atoms with E-state index in [-0.39, 0.29) is 11.5 Å². The summed E-state index contributed by atoms with van der Waals surface area (Å²) in [6, 6.07) is 10.4. The van der Waals surface area contributed by atoms with Crippen LogP contribution in [0.5, 0.6) is 11.5 Å². The first-order chi connectivity index (χ1) is 9.61. The largest absolute Gasteiger partial charge is 0.504 e. The van der Waals surface area contributed by atoms with Crippen molar-refractivity contribution in [1.82, 2.24) is 4.98 Å². The van der Waals surface area contributed by atoms with Crippen LogP contribution in [0.1, 0.15) is 11.5 Å². The number of fused-ring (bicyclic) bond motifs is 1. The summed E-state index contributed by atoms with van der Waals surface area (Å²) < 4.78 is 5.41. The molecule has 102 valence electrons. The molecule has 2 aromatic carbocycles. The molecule has 0 atom stereocenters. The molecule has 0 fully saturated rings. The summed E-state index contributed by atoms with van der Waals surface area (Å²) in [7, 11) is 0. The van der Waals surface area contributed by atoms with Crippen molar-refractivity contribution in [2.45, 2.75) is 13.5 Å². The summed E-state index contributed by atoms with van der Waals surface area (Å²) in [5.41, 5.74) is 3.35. The zero-order chi connectivity index (χ0) is 14.1. The number of hydrogen-bond donors (Lipinski definition) is 3. The van der Waals surface area contributed by atoms with Gasteiger partial charge in [0.2, 0.25) is 0 Å². The van der Waals surface area contributed by atoms with Gasteiger partial charge in [0.1, 0.15) is 5.52 Å². The lowest BCUT2D eigenvalue weighted by Gasteiger charge is -2.07. The molecule has 0 unspecified atom stereocenters. The third-order valence-corrected chi connectivity index (χ3v) is 3.03. The number of aryl methyl sites for hydroxylation is 1. The van der Waals surface area contributed by atoms with Crippen molar-refractivity contribution in [1.29, 1.82) is 0 Å². The second kappa shape index (κ2) is 4.77. The zero-order valence-corrected chi connectivity index (χ0v) is 10.9. The van der Waals surface area contributed by atoms with Gasteiger partial charge in [-0.1, -0.05) is 6.07 Å². The van der Waals surface area contributed by atoms with Gasteiger partial charge in [-0.2, -0.15) is 0 Å². The van der Waals surface area contributed by atoms with Gasteiger partial charge in [-0.3, -0.25) is 0 Å². The molecule has 0 amide bonds. The first-order valence-corrected chi connectivity index (χ1v) is 6.24. The van der Waals surface area contributed by atoms with Crippen molar-refractivity contribution in [3.05, 3.63) is 47.9 Å². The Balaban J connectivity index is 1.77. The molecule has 0 aliphatic heterocycles. The topological polar surface area (TPSA) is 78.5 Å². The molecule has 1 aromatic heterocycles. The summed E-state index contributed by atoms with van der Waals surface area (Å²) in [6.45, 7) is 2.35. The maximum absolute atomic E-state index is 9.44. The number of benzene rings is 2. The Labute approximate surface area is 115 Å². The summed E-state index contributed by atoms with van der Waals surface area (Å²) >= 11 is 0. The fourth-order valence-electron chi connectivity index (χ4n) is 2.04. The average molecular weight is 270 g/mol. The first kappa shape index (κ1) is 12.3. The molecular weight excluding hydrogens is 256 g/mol. The third kappa shape index (κ3) is 2.38. The smallest absolute Gasteiger partial charge is 0.192 e. The van der Waals surface area contributed by atoms with Gasteiger partial charge in [-0.25, -0.2) is 4.98 Å². The quantitative estimate of drug-likeness (QED) is 0.637. The molecule has 0 aliphatic carbocycles. The lowest BCUT2D eigenvalue weighted by atomic mass is 10.2. The standard InChI is InChI=1S/C15H14N2O3/c1-9-17-12-7-11(3-5-15(12)20-9)16-8-10-2-4-13(18)14(19)6-10/h2-7,16,18-19H,8H2,1H3. The molecule has 5 heteroatoms. The molecule has 0 spiro atoms. The molecule has 0 radical (unpaired) electrons. The molecule has 0 bridgehead atoms. The van der Waals surface area contributed by atoms with Crippen molar-refractivity contribution in [3.63, 3.8) is 0 Å². The van der Waals surface area contributed by atoms with Crippen molar-refractivity contribution in [2.75, 3.05) is 5.32 Å². The number of oxazole rings is 1. The second-order valence-electron chi connectivity index (χ2n) is 4.59. The monoisotopic (exact) mass is 270 g/mol. The van der Waals surface area contributed by atoms with Crippen LogP contribution in [-0.2, 0) is 6.54 Å². The van der Waals surface area contributed by atoms with Gasteiger partial charge in [0.15, 0.2) is 23.0 Å². The van der Waals surface area contributed by atoms with E-state index in [1.165, 1.54) is 12.1 Å². The van der Waals surface area contributed by atoms with Crippen LogP contribution in [0, 0.1) is 6.92 Å². The Morgan fingerprint density at radius 1 is 1.10 bits per heavy atom. The van der Waals surface area contributed by atoms with Crippen molar-refractivity contribution in [3.8, 4) is 11.5 Å². The normalized spacial score (nSPS) is 10.8. The number of rotatable bonds is 3. The second-order valence-corrected chi connectivity index (χ2v) is 4.59. The fraction of sp³-hybridized carbons (Fsp3) is 0.133. The summed E-state index contributed by atoms with van der Waals surface area (Å²) in [4.78, 5) is 4.27. The van der Waals surface area contributed by atoms with Crippen molar-refractivity contribution in [2.24, 2.45) is 0 Å². The number of phenolic OH excluding ortho intramolecular Hbond substituents is 2. The average Bonchev–Trinajstić information content (AvgIpc) is 2.79. The molecule has 3 aromatic rings. The van der Waals surface area contributed by atoms with E-state index in [4.69, 9.17) is 4.42 Å². The predicted octanol–water partition coefficient (Wildman–Crippen LogP) is 3.16. The number of aromatic nitrogens is 1. The van der Waals surface area contributed by atoms with Crippen LogP contribution >= 0.6 is 0 Å². The minimum Gasteiger partial charge on any atom is -0.504 e. The lowest BCUT2D eigenvalue weighted by molar-refractivity contribution is 0.403. The van der Waals surface area contributed by atoms with E-state index in [1.807, 2.05) is 25.1 Å². The molecule has 0 saturated carbocycles. The minimum atomic E-state index is -0.119. The maximum atomic E-state index is 9.44. The zero-order valence-electron chi connectivity index (χ0n) is 10.9. The van der Waals surface area contributed by atoms with Gasteiger partial charge in [0.25, 0.3) is 0 Å². The van der Waals surface area contributed by atoms with E-state index in [1.54, 1.807) is 6.07 Å². The number of anilines is 1. The van der Waals surface area contributed by atoms with E-state index >= 15 is 0 Å². The summed E-state index contributed by atoms with van der Waals surface area (Å²) in [6.07, 6.45) is 0. The highest BCUT2D eigenvalue weighted by atomic mass is 16.3. The number of nitrogens with one attached hydrogen (secondary N) is 1. The molecule has 3 N–H and O–H groups in total. The number of phenols is 2. The summed E-state index contributed by atoms with van der Waals surface area (Å²) in [5.74, 6) is 0.403. The minimum absolute atomic E-state index is 0.117. The molecule has 5 nitrogen and oxygen atoms in total.